The van der Waals surface area contributed by atoms with E-state index in [0.717, 1.165) is 47.5 Å². The number of nitrogens with zero attached hydrogens (tertiary/aromatic N) is 4. The highest BCUT2D eigenvalue weighted by Gasteiger charge is 2.20. The van der Waals surface area contributed by atoms with Gasteiger partial charge < -0.3 is 10.2 Å². The van der Waals surface area contributed by atoms with Crippen molar-refractivity contribution in [2.75, 3.05) is 24.5 Å². The van der Waals surface area contributed by atoms with Crippen LogP contribution in [0.1, 0.15) is 6.92 Å². The zero-order valence-electron chi connectivity index (χ0n) is 13.1. The van der Waals surface area contributed by atoms with E-state index in [9.17, 15) is 0 Å². The van der Waals surface area contributed by atoms with E-state index in [2.05, 4.69) is 39.2 Å². The lowest BCUT2D eigenvalue weighted by Crippen LogP contribution is -2.49. The lowest BCUT2D eigenvalue weighted by atomic mass is 10.1. The number of hydrogen-bond donors (Lipinski definition) is 1. The molecule has 5 nitrogen and oxygen atoms in total. The first-order valence-electron chi connectivity index (χ1n) is 7.95. The van der Waals surface area contributed by atoms with Gasteiger partial charge in [0.15, 0.2) is 0 Å². The smallest absolute Gasteiger partial charge is 0.137 e. The highest BCUT2D eigenvalue weighted by Crippen LogP contribution is 2.29. The summed E-state index contributed by atoms with van der Waals surface area (Å²) in [6.45, 7) is 5.12. The highest BCUT2D eigenvalue weighted by atomic mass is 15.2. The molecule has 1 aliphatic rings. The predicted octanol–water partition coefficient (Wildman–Crippen LogP) is 2.49. The summed E-state index contributed by atoms with van der Waals surface area (Å²) in [4.78, 5) is 15.7. The fourth-order valence-corrected chi connectivity index (χ4v) is 3.12. The monoisotopic (exact) mass is 305 g/mol. The summed E-state index contributed by atoms with van der Waals surface area (Å²) in [5.74, 6) is 1.05. The molecule has 1 unspecified atom stereocenters. The molecule has 1 N–H and O–H groups in total. The molecule has 4 rings (SSSR count). The zero-order chi connectivity index (χ0) is 15.6. The minimum atomic E-state index is 0.465. The van der Waals surface area contributed by atoms with Crippen LogP contribution < -0.4 is 10.2 Å². The van der Waals surface area contributed by atoms with Crippen LogP contribution in [0.5, 0.6) is 0 Å². The van der Waals surface area contributed by atoms with Crippen molar-refractivity contribution in [3.8, 4) is 11.3 Å². The zero-order valence-corrected chi connectivity index (χ0v) is 13.1. The van der Waals surface area contributed by atoms with Crippen molar-refractivity contribution in [3.05, 3.63) is 49.1 Å². The van der Waals surface area contributed by atoms with Crippen LogP contribution in [0.2, 0.25) is 0 Å². The molecular weight excluding hydrogens is 286 g/mol. The minimum Gasteiger partial charge on any atom is -0.353 e. The molecule has 0 bridgehead atoms. The predicted molar refractivity (Wildman–Crippen MR) is 92.4 cm³/mol. The van der Waals surface area contributed by atoms with Gasteiger partial charge in [0.25, 0.3) is 0 Å². The molecule has 0 saturated carbocycles. The van der Waals surface area contributed by atoms with Gasteiger partial charge in [-0.1, -0.05) is 0 Å². The number of hydrogen-bond acceptors (Lipinski definition) is 5. The van der Waals surface area contributed by atoms with Crippen molar-refractivity contribution in [2.45, 2.75) is 13.0 Å². The first kappa shape index (κ1) is 14.1. The van der Waals surface area contributed by atoms with Crippen molar-refractivity contribution in [2.24, 2.45) is 0 Å². The van der Waals surface area contributed by atoms with E-state index in [0.29, 0.717) is 6.04 Å². The Morgan fingerprint density at radius 1 is 1.13 bits per heavy atom. The molecule has 3 aromatic heterocycles. The van der Waals surface area contributed by atoms with E-state index in [1.54, 1.807) is 12.4 Å². The topological polar surface area (TPSA) is 53.9 Å². The summed E-state index contributed by atoms with van der Waals surface area (Å²) >= 11 is 0. The van der Waals surface area contributed by atoms with Crippen molar-refractivity contribution in [1.29, 1.82) is 0 Å². The van der Waals surface area contributed by atoms with Gasteiger partial charge in [0.1, 0.15) is 5.82 Å². The van der Waals surface area contributed by atoms with Gasteiger partial charge in [-0.3, -0.25) is 9.97 Å². The standard InChI is InChI=1S/C18H19N5/c1-13-12-23(9-8-21-13)18-16-4-7-20-11-15(16)10-17(22-18)14-2-5-19-6-3-14/h2-7,10-11,13,21H,8-9,12H2,1H3. The summed E-state index contributed by atoms with van der Waals surface area (Å²) in [5.41, 5.74) is 2.05. The maximum atomic E-state index is 4.97. The van der Waals surface area contributed by atoms with Gasteiger partial charge in [-0.15, -0.1) is 0 Å². The quantitative estimate of drug-likeness (QED) is 0.788. The Hall–Kier alpha value is -2.53. The second kappa shape index (κ2) is 5.93. The molecule has 1 atom stereocenters. The third-order valence-corrected chi connectivity index (χ3v) is 4.26. The normalized spacial score (nSPS) is 18.3. The van der Waals surface area contributed by atoms with Gasteiger partial charge in [-0.25, -0.2) is 4.98 Å². The van der Waals surface area contributed by atoms with Gasteiger partial charge in [0.05, 0.1) is 5.69 Å². The molecule has 1 saturated heterocycles. The SMILES string of the molecule is CC1CN(c2nc(-c3ccncc3)cc3cnccc23)CCN1. The molecule has 116 valence electrons. The first-order chi connectivity index (χ1) is 11.3. The number of nitrogens with one attached hydrogen (secondary N) is 1. The van der Waals surface area contributed by atoms with E-state index in [-0.39, 0.29) is 0 Å². The van der Waals surface area contributed by atoms with Gasteiger partial charge in [-0.05, 0) is 31.2 Å². The average Bonchev–Trinajstić information content (AvgIpc) is 2.61. The summed E-state index contributed by atoms with van der Waals surface area (Å²) in [7, 11) is 0. The van der Waals surface area contributed by atoms with Crippen molar-refractivity contribution < 1.29 is 0 Å². The molecule has 1 fully saturated rings. The van der Waals surface area contributed by atoms with Crippen LogP contribution >= 0.6 is 0 Å². The Kier molecular flexibility index (Phi) is 3.63. The number of piperazine rings is 1. The van der Waals surface area contributed by atoms with Gasteiger partial charge in [0.2, 0.25) is 0 Å². The number of rotatable bonds is 2. The largest absolute Gasteiger partial charge is 0.353 e. The summed E-state index contributed by atoms with van der Waals surface area (Å²) < 4.78 is 0. The maximum absolute atomic E-state index is 4.97. The Labute approximate surface area is 135 Å². The Morgan fingerprint density at radius 3 is 2.78 bits per heavy atom. The van der Waals surface area contributed by atoms with Crippen LogP contribution in [0.15, 0.2) is 49.1 Å². The highest BCUT2D eigenvalue weighted by molar-refractivity contribution is 5.94. The Bertz CT molecular complexity index is 818. The summed E-state index contributed by atoms with van der Waals surface area (Å²) in [6.07, 6.45) is 7.36. The van der Waals surface area contributed by atoms with Gasteiger partial charge in [-0.2, -0.15) is 0 Å². The molecule has 4 heterocycles. The lowest BCUT2D eigenvalue weighted by molar-refractivity contribution is 0.483. The van der Waals surface area contributed by atoms with Crippen LogP contribution in [0.4, 0.5) is 5.82 Å². The average molecular weight is 305 g/mol. The summed E-state index contributed by atoms with van der Waals surface area (Å²) in [5, 5.41) is 5.77. The van der Waals surface area contributed by atoms with E-state index >= 15 is 0 Å². The number of anilines is 1. The maximum Gasteiger partial charge on any atom is 0.137 e. The molecule has 0 aromatic carbocycles. The fourth-order valence-electron chi connectivity index (χ4n) is 3.12. The first-order valence-corrected chi connectivity index (χ1v) is 7.95. The molecule has 0 amide bonds. The molecule has 1 aliphatic heterocycles. The number of pyridine rings is 3. The third-order valence-electron chi connectivity index (χ3n) is 4.26. The molecule has 0 spiro atoms. The second-order valence-corrected chi connectivity index (χ2v) is 5.96. The second-order valence-electron chi connectivity index (χ2n) is 5.96. The molecular formula is C18H19N5. The number of aromatic nitrogens is 3. The Morgan fingerprint density at radius 2 is 1.96 bits per heavy atom. The van der Waals surface area contributed by atoms with Crippen LogP contribution in [0.25, 0.3) is 22.0 Å². The molecule has 0 radical (unpaired) electrons. The van der Waals surface area contributed by atoms with E-state index < -0.39 is 0 Å². The minimum absolute atomic E-state index is 0.465. The van der Waals surface area contributed by atoms with E-state index in [1.807, 2.05) is 24.5 Å². The fraction of sp³-hybridized carbons (Fsp3) is 0.278. The van der Waals surface area contributed by atoms with Crippen LogP contribution in [-0.4, -0.2) is 40.6 Å². The van der Waals surface area contributed by atoms with Crippen molar-refractivity contribution in [3.63, 3.8) is 0 Å². The van der Waals surface area contributed by atoms with Crippen LogP contribution in [-0.2, 0) is 0 Å². The molecule has 23 heavy (non-hydrogen) atoms. The van der Waals surface area contributed by atoms with E-state index in [4.69, 9.17) is 4.98 Å². The van der Waals surface area contributed by atoms with Crippen LogP contribution in [0, 0.1) is 0 Å². The molecule has 0 aliphatic carbocycles. The molecule has 3 aromatic rings. The van der Waals surface area contributed by atoms with E-state index in [1.165, 1.54) is 0 Å². The number of fused-ring (bicyclic) bond motifs is 1. The molecule has 5 heteroatoms. The van der Waals surface area contributed by atoms with Gasteiger partial charge in [0, 0.05) is 66.8 Å². The summed E-state index contributed by atoms with van der Waals surface area (Å²) in [6, 6.07) is 8.61. The third kappa shape index (κ3) is 2.75. The van der Waals surface area contributed by atoms with Crippen molar-refractivity contribution in [1.82, 2.24) is 20.3 Å². The van der Waals surface area contributed by atoms with Crippen LogP contribution in [0.3, 0.4) is 0 Å². The lowest BCUT2D eigenvalue weighted by Gasteiger charge is -2.33. The van der Waals surface area contributed by atoms with Crippen molar-refractivity contribution >= 4 is 16.6 Å². The van der Waals surface area contributed by atoms with Gasteiger partial charge >= 0.3 is 0 Å². The Balaban J connectivity index is 1.87.